The molecule has 0 bridgehead atoms. The number of nitrogen functional groups attached to an aromatic ring is 1. The minimum Gasteiger partial charge on any atom is -0.397 e. The van der Waals surface area contributed by atoms with E-state index in [1.165, 1.54) is 42.5 Å². The van der Waals surface area contributed by atoms with Crippen LogP contribution in [0.25, 0.3) is 27.8 Å². The second-order valence-electron chi connectivity index (χ2n) is 6.48. The van der Waals surface area contributed by atoms with Crippen molar-refractivity contribution in [3.63, 3.8) is 0 Å². The number of halogens is 5. The Balaban J connectivity index is 2.14. The minimum atomic E-state index is -4.71. The lowest BCUT2D eigenvalue weighted by Crippen LogP contribution is -2.24. The van der Waals surface area contributed by atoms with Crippen LogP contribution in [-0.4, -0.2) is 9.55 Å². The van der Waals surface area contributed by atoms with Gasteiger partial charge in [0.15, 0.2) is 0 Å². The summed E-state index contributed by atoms with van der Waals surface area (Å²) in [6, 6.07) is 13.0. The monoisotopic (exact) mass is 433 g/mol. The van der Waals surface area contributed by atoms with Gasteiger partial charge in [0.1, 0.15) is 17.2 Å². The molecule has 0 atom stereocenters. The second kappa shape index (κ2) is 7.14. The van der Waals surface area contributed by atoms with Crippen molar-refractivity contribution >= 4 is 28.3 Å². The first-order valence-electron chi connectivity index (χ1n) is 8.61. The topological polar surface area (TPSA) is 60.9 Å². The normalized spacial score (nSPS) is 11.8. The quantitative estimate of drug-likeness (QED) is 0.428. The Morgan fingerprint density at radius 1 is 0.933 bits per heavy atom. The molecule has 0 aliphatic rings. The van der Waals surface area contributed by atoms with E-state index in [1.807, 2.05) is 0 Å². The summed E-state index contributed by atoms with van der Waals surface area (Å²) >= 11 is 5.90. The van der Waals surface area contributed by atoms with E-state index in [4.69, 9.17) is 17.3 Å². The highest BCUT2D eigenvalue weighted by Gasteiger charge is 2.33. The van der Waals surface area contributed by atoms with Crippen LogP contribution in [0.4, 0.5) is 23.2 Å². The molecule has 0 fully saturated rings. The van der Waals surface area contributed by atoms with Crippen LogP contribution in [0.15, 0.2) is 65.5 Å². The molecule has 4 rings (SSSR count). The van der Waals surface area contributed by atoms with Crippen LogP contribution in [0, 0.1) is 5.82 Å². The van der Waals surface area contributed by atoms with Gasteiger partial charge in [0.05, 0.1) is 16.9 Å². The molecule has 0 saturated heterocycles. The lowest BCUT2D eigenvalue weighted by Gasteiger charge is -2.17. The first kappa shape index (κ1) is 19.9. The number of hydrogen-bond donors (Lipinski definition) is 1. The van der Waals surface area contributed by atoms with Gasteiger partial charge in [-0.3, -0.25) is 9.36 Å². The standard InChI is InChI=1S/C21H12ClF4N3O/c22-12-3-7-14(8-4-12)29-19-15(9-10-16(28-19)21(24,25)26)18(27)17(20(29)30)11-1-5-13(23)6-2-11/h1-10H,27H2. The molecule has 0 unspecified atom stereocenters. The van der Waals surface area contributed by atoms with E-state index >= 15 is 0 Å². The Bertz CT molecular complexity index is 1310. The minimum absolute atomic E-state index is 0.0269. The highest BCUT2D eigenvalue weighted by atomic mass is 35.5. The highest BCUT2D eigenvalue weighted by molar-refractivity contribution is 6.30. The van der Waals surface area contributed by atoms with Crippen LogP contribution in [0.2, 0.25) is 5.02 Å². The first-order chi connectivity index (χ1) is 14.2. The van der Waals surface area contributed by atoms with E-state index in [2.05, 4.69) is 4.98 Å². The summed E-state index contributed by atoms with van der Waals surface area (Å²) in [6.45, 7) is 0. The maximum absolute atomic E-state index is 13.4. The number of pyridine rings is 2. The first-order valence-corrected chi connectivity index (χ1v) is 8.99. The van der Waals surface area contributed by atoms with Crippen LogP contribution < -0.4 is 11.3 Å². The van der Waals surface area contributed by atoms with Crippen molar-refractivity contribution in [2.24, 2.45) is 0 Å². The fourth-order valence-electron chi connectivity index (χ4n) is 3.17. The van der Waals surface area contributed by atoms with Gasteiger partial charge in [0.25, 0.3) is 5.56 Å². The predicted octanol–water partition coefficient (Wildman–Crippen LogP) is 5.45. The molecular formula is C21H12ClF4N3O. The van der Waals surface area contributed by atoms with E-state index in [9.17, 15) is 22.4 Å². The molecule has 2 heterocycles. The van der Waals surface area contributed by atoms with Gasteiger partial charge in [-0.05, 0) is 54.1 Å². The molecule has 30 heavy (non-hydrogen) atoms. The number of anilines is 1. The van der Waals surface area contributed by atoms with Crippen molar-refractivity contribution in [2.75, 3.05) is 5.73 Å². The zero-order valence-electron chi connectivity index (χ0n) is 15.0. The summed E-state index contributed by atoms with van der Waals surface area (Å²) in [6.07, 6.45) is -4.71. The molecular weight excluding hydrogens is 422 g/mol. The molecule has 4 aromatic rings. The highest BCUT2D eigenvalue weighted by Crippen LogP contribution is 2.34. The van der Waals surface area contributed by atoms with Crippen molar-refractivity contribution in [2.45, 2.75) is 6.18 Å². The molecule has 2 aromatic heterocycles. The summed E-state index contributed by atoms with van der Waals surface area (Å²) in [5.41, 5.74) is 4.62. The van der Waals surface area contributed by atoms with Crippen LogP contribution in [0.3, 0.4) is 0 Å². The molecule has 0 spiro atoms. The van der Waals surface area contributed by atoms with E-state index in [-0.39, 0.29) is 28.0 Å². The average Bonchev–Trinajstić information content (AvgIpc) is 2.70. The Hall–Kier alpha value is -3.39. The summed E-state index contributed by atoms with van der Waals surface area (Å²) in [7, 11) is 0. The molecule has 0 aliphatic heterocycles. The largest absolute Gasteiger partial charge is 0.433 e. The lowest BCUT2D eigenvalue weighted by molar-refractivity contribution is -0.141. The number of benzene rings is 2. The Morgan fingerprint density at radius 3 is 2.17 bits per heavy atom. The van der Waals surface area contributed by atoms with Crippen molar-refractivity contribution in [1.29, 1.82) is 0 Å². The van der Waals surface area contributed by atoms with Crippen LogP contribution >= 0.6 is 11.6 Å². The third kappa shape index (κ3) is 3.39. The number of nitrogens with two attached hydrogens (primary N) is 1. The molecule has 2 aromatic carbocycles. The number of aromatic nitrogens is 2. The van der Waals surface area contributed by atoms with Gasteiger partial charge in [0.2, 0.25) is 0 Å². The summed E-state index contributed by atoms with van der Waals surface area (Å²) < 4.78 is 54.1. The molecule has 0 aliphatic carbocycles. The third-order valence-electron chi connectivity index (χ3n) is 4.57. The van der Waals surface area contributed by atoms with Crippen molar-refractivity contribution in [3.05, 3.63) is 87.6 Å². The van der Waals surface area contributed by atoms with Crippen LogP contribution in [0.1, 0.15) is 5.69 Å². The number of hydrogen-bond acceptors (Lipinski definition) is 3. The second-order valence-corrected chi connectivity index (χ2v) is 6.91. The third-order valence-corrected chi connectivity index (χ3v) is 4.82. The number of fused-ring (bicyclic) bond motifs is 1. The fraction of sp³-hybridized carbons (Fsp3) is 0.0476. The van der Waals surface area contributed by atoms with Gasteiger partial charge in [0, 0.05) is 10.4 Å². The predicted molar refractivity (Wildman–Crippen MR) is 107 cm³/mol. The van der Waals surface area contributed by atoms with E-state index in [0.29, 0.717) is 10.6 Å². The SMILES string of the molecule is Nc1c(-c2ccc(F)cc2)c(=O)n(-c2ccc(Cl)cc2)c2nc(C(F)(F)F)ccc12. The Labute approximate surface area is 172 Å². The molecule has 4 nitrogen and oxygen atoms in total. The van der Waals surface area contributed by atoms with Gasteiger partial charge in [-0.15, -0.1) is 0 Å². The van der Waals surface area contributed by atoms with E-state index in [1.54, 1.807) is 0 Å². The van der Waals surface area contributed by atoms with E-state index in [0.717, 1.165) is 22.8 Å². The number of nitrogens with zero attached hydrogens (tertiary/aromatic N) is 2. The average molecular weight is 434 g/mol. The Kier molecular flexibility index (Phi) is 4.74. The molecule has 0 radical (unpaired) electrons. The van der Waals surface area contributed by atoms with Gasteiger partial charge >= 0.3 is 6.18 Å². The van der Waals surface area contributed by atoms with Crippen molar-refractivity contribution < 1.29 is 17.6 Å². The molecule has 0 amide bonds. The maximum Gasteiger partial charge on any atom is 0.433 e. The zero-order chi connectivity index (χ0) is 21.6. The molecule has 152 valence electrons. The van der Waals surface area contributed by atoms with Crippen molar-refractivity contribution in [3.8, 4) is 16.8 Å². The maximum atomic E-state index is 13.4. The van der Waals surface area contributed by atoms with Crippen LogP contribution in [0.5, 0.6) is 0 Å². The molecule has 0 saturated carbocycles. The fourth-order valence-corrected chi connectivity index (χ4v) is 3.30. The number of alkyl halides is 3. The van der Waals surface area contributed by atoms with Gasteiger partial charge < -0.3 is 5.73 Å². The summed E-state index contributed by atoms with van der Waals surface area (Å²) in [4.78, 5) is 17.1. The van der Waals surface area contributed by atoms with Gasteiger partial charge in [-0.1, -0.05) is 23.7 Å². The van der Waals surface area contributed by atoms with E-state index < -0.39 is 23.2 Å². The van der Waals surface area contributed by atoms with Gasteiger partial charge in [-0.25, -0.2) is 9.37 Å². The van der Waals surface area contributed by atoms with Crippen molar-refractivity contribution in [1.82, 2.24) is 9.55 Å². The smallest absolute Gasteiger partial charge is 0.397 e. The number of rotatable bonds is 2. The Morgan fingerprint density at radius 2 is 1.57 bits per heavy atom. The molecule has 2 N–H and O–H groups in total. The van der Waals surface area contributed by atoms with Gasteiger partial charge in [-0.2, -0.15) is 13.2 Å². The summed E-state index contributed by atoms with van der Waals surface area (Å²) in [5.74, 6) is -0.507. The lowest BCUT2D eigenvalue weighted by atomic mass is 10.0. The summed E-state index contributed by atoms with van der Waals surface area (Å²) in [5, 5.41) is 0.533. The molecule has 9 heteroatoms. The van der Waals surface area contributed by atoms with Crippen LogP contribution in [-0.2, 0) is 6.18 Å². The zero-order valence-corrected chi connectivity index (χ0v) is 15.8.